The number of amides is 1. The van der Waals surface area contributed by atoms with Gasteiger partial charge in [-0.15, -0.1) is 11.3 Å². The smallest absolute Gasteiger partial charge is 0.354 e. The number of carbonyl (C=O) groups excluding carboxylic acids is 1. The highest BCUT2D eigenvalue weighted by Crippen LogP contribution is 2.30. The minimum Gasteiger partial charge on any atom is -0.477 e. The van der Waals surface area contributed by atoms with Gasteiger partial charge in [0.1, 0.15) is 11.4 Å². The highest BCUT2D eigenvalue weighted by molar-refractivity contribution is 7.09. The lowest BCUT2D eigenvalue weighted by Crippen LogP contribution is -2.39. The highest BCUT2D eigenvalue weighted by atomic mass is 32.1. The summed E-state index contributed by atoms with van der Waals surface area (Å²) >= 11 is 1.65. The number of rotatable bonds is 4. The fraction of sp³-hybridized carbons (Fsp3) is 0.412. The number of aromatic carboxylic acids is 1. The van der Waals surface area contributed by atoms with Crippen LogP contribution < -0.4 is 0 Å². The molecule has 24 heavy (non-hydrogen) atoms. The van der Waals surface area contributed by atoms with Crippen molar-refractivity contribution in [3.8, 4) is 0 Å². The summed E-state index contributed by atoms with van der Waals surface area (Å²) in [5.41, 5.74) is 1.17. The quantitative estimate of drug-likeness (QED) is 0.921. The first kappa shape index (κ1) is 16.6. The molecule has 1 aliphatic rings. The largest absolute Gasteiger partial charge is 0.477 e. The van der Waals surface area contributed by atoms with Gasteiger partial charge in [0, 0.05) is 24.4 Å². The average Bonchev–Trinajstić information content (AvgIpc) is 3.10. The second-order valence-corrected chi connectivity index (χ2v) is 6.72. The molecule has 3 heterocycles. The minimum atomic E-state index is -1.13. The van der Waals surface area contributed by atoms with Crippen molar-refractivity contribution in [1.82, 2.24) is 14.9 Å². The van der Waals surface area contributed by atoms with E-state index in [-0.39, 0.29) is 23.2 Å². The number of piperidine rings is 1. The number of pyridine rings is 1. The Bertz CT molecular complexity index is 759. The van der Waals surface area contributed by atoms with Crippen LogP contribution in [0, 0.1) is 0 Å². The SMILES string of the molecule is CCc1csc(C2CCCN(C(=O)c3cccc(C(=O)O)n3)C2)n1. The van der Waals surface area contributed by atoms with E-state index in [2.05, 4.69) is 22.3 Å². The molecule has 1 aliphatic heterocycles. The zero-order valence-corrected chi connectivity index (χ0v) is 14.3. The summed E-state index contributed by atoms with van der Waals surface area (Å²) in [5.74, 6) is -1.10. The molecule has 0 aliphatic carbocycles. The summed E-state index contributed by atoms with van der Waals surface area (Å²) in [4.78, 5) is 34.1. The van der Waals surface area contributed by atoms with Gasteiger partial charge in [0.15, 0.2) is 0 Å². The van der Waals surface area contributed by atoms with E-state index < -0.39 is 5.97 Å². The number of aromatic nitrogens is 2. The van der Waals surface area contributed by atoms with Crippen LogP contribution in [-0.4, -0.2) is 44.9 Å². The van der Waals surface area contributed by atoms with Gasteiger partial charge in [-0.1, -0.05) is 13.0 Å². The van der Waals surface area contributed by atoms with E-state index in [4.69, 9.17) is 5.11 Å². The van der Waals surface area contributed by atoms with Crippen molar-refractivity contribution >= 4 is 23.2 Å². The van der Waals surface area contributed by atoms with E-state index in [0.29, 0.717) is 13.1 Å². The molecule has 6 nitrogen and oxygen atoms in total. The first-order valence-corrected chi connectivity index (χ1v) is 8.90. The molecule has 1 fully saturated rings. The van der Waals surface area contributed by atoms with E-state index in [1.165, 1.54) is 6.07 Å². The molecule has 0 spiro atoms. The summed E-state index contributed by atoms with van der Waals surface area (Å²) in [7, 11) is 0. The van der Waals surface area contributed by atoms with Crippen molar-refractivity contribution in [1.29, 1.82) is 0 Å². The van der Waals surface area contributed by atoms with Gasteiger partial charge in [-0.25, -0.2) is 14.8 Å². The van der Waals surface area contributed by atoms with Crippen LogP contribution in [0.15, 0.2) is 23.6 Å². The molecule has 1 amide bonds. The van der Waals surface area contributed by atoms with E-state index >= 15 is 0 Å². The van der Waals surface area contributed by atoms with Gasteiger partial charge in [0.05, 0.1) is 10.7 Å². The molecule has 7 heteroatoms. The summed E-state index contributed by atoms with van der Waals surface area (Å²) in [6.07, 6.45) is 2.84. The average molecular weight is 345 g/mol. The standard InChI is InChI=1S/C17H19N3O3S/c1-2-12-10-24-15(18-12)11-5-4-8-20(9-11)16(21)13-6-3-7-14(19-13)17(22)23/h3,6-7,10-11H,2,4-5,8-9H2,1H3,(H,22,23). The number of nitrogens with zero attached hydrogens (tertiary/aromatic N) is 3. The number of carboxylic acid groups (broad SMARTS) is 1. The molecule has 0 saturated carbocycles. The fourth-order valence-electron chi connectivity index (χ4n) is 2.87. The number of hydrogen-bond acceptors (Lipinski definition) is 5. The van der Waals surface area contributed by atoms with Crippen LogP contribution in [0.2, 0.25) is 0 Å². The van der Waals surface area contributed by atoms with Gasteiger partial charge < -0.3 is 10.0 Å². The second-order valence-electron chi connectivity index (χ2n) is 5.83. The molecule has 0 bridgehead atoms. The lowest BCUT2D eigenvalue weighted by Gasteiger charge is -2.31. The van der Waals surface area contributed by atoms with Crippen LogP contribution in [0.25, 0.3) is 0 Å². The molecule has 1 saturated heterocycles. The van der Waals surface area contributed by atoms with Crippen molar-refractivity contribution < 1.29 is 14.7 Å². The summed E-state index contributed by atoms with van der Waals surface area (Å²) in [5, 5.41) is 12.2. The predicted octanol–water partition coefficient (Wildman–Crippen LogP) is 2.82. The molecule has 0 aromatic carbocycles. The second kappa shape index (κ2) is 7.09. The number of carboxylic acids is 1. The third-order valence-corrected chi connectivity index (χ3v) is 5.23. The zero-order valence-electron chi connectivity index (χ0n) is 13.4. The fourth-order valence-corrected chi connectivity index (χ4v) is 3.90. The molecule has 2 aromatic heterocycles. The van der Waals surface area contributed by atoms with Crippen LogP contribution in [0.1, 0.15) is 57.4 Å². The van der Waals surface area contributed by atoms with E-state index in [1.807, 2.05) is 0 Å². The summed E-state index contributed by atoms with van der Waals surface area (Å²) in [6, 6.07) is 4.51. The molecular formula is C17H19N3O3S. The Morgan fingerprint density at radius 2 is 2.12 bits per heavy atom. The van der Waals surface area contributed by atoms with Crippen molar-refractivity contribution in [2.45, 2.75) is 32.1 Å². The third-order valence-electron chi connectivity index (χ3n) is 4.18. The first-order valence-electron chi connectivity index (χ1n) is 8.02. The Morgan fingerprint density at radius 3 is 2.83 bits per heavy atom. The number of carbonyl (C=O) groups is 2. The number of aryl methyl sites for hydroxylation is 1. The zero-order chi connectivity index (χ0) is 17.1. The maximum atomic E-state index is 12.7. The predicted molar refractivity (Wildman–Crippen MR) is 90.6 cm³/mol. The topological polar surface area (TPSA) is 83.4 Å². The summed E-state index contributed by atoms with van der Waals surface area (Å²) in [6.45, 7) is 3.35. The van der Waals surface area contributed by atoms with Crippen molar-refractivity contribution in [3.63, 3.8) is 0 Å². The first-order chi connectivity index (χ1) is 11.6. The number of likely N-dealkylation sites (tertiary alicyclic amines) is 1. The molecule has 0 radical (unpaired) electrons. The lowest BCUT2D eigenvalue weighted by atomic mass is 9.98. The van der Waals surface area contributed by atoms with Crippen LogP contribution in [0.4, 0.5) is 0 Å². The van der Waals surface area contributed by atoms with E-state index in [1.54, 1.807) is 28.4 Å². The number of thiazole rings is 1. The van der Waals surface area contributed by atoms with Gasteiger partial charge in [0.25, 0.3) is 5.91 Å². The minimum absolute atomic E-state index is 0.109. The number of hydrogen-bond donors (Lipinski definition) is 1. The normalized spacial score (nSPS) is 17.7. The van der Waals surface area contributed by atoms with Crippen LogP contribution in [0.3, 0.4) is 0 Å². The van der Waals surface area contributed by atoms with Crippen LogP contribution in [-0.2, 0) is 6.42 Å². The maximum Gasteiger partial charge on any atom is 0.354 e. The maximum absolute atomic E-state index is 12.7. The molecule has 1 atom stereocenters. The third kappa shape index (κ3) is 3.46. The van der Waals surface area contributed by atoms with Gasteiger partial charge in [0.2, 0.25) is 0 Å². The van der Waals surface area contributed by atoms with Gasteiger partial charge in [-0.05, 0) is 31.4 Å². The Morgan fingerprint density at radius 1 is 1.33 bits per heavy atom. The van der Waals surface area contributed by atoms with Gasteiger partial charge in [-0.2, -0.15) is 0 Å². The molecular weight excluding hydrogens is 326 g/mol. The van der Waals surface area contributed by atoms with E-state index in [0.717, 1.165) is 30.0 Å². The van der Waals surface area contributed by atoms with E-state index in [9.17, 15) is 9.59 Å². The van der Waals surface area contributed by atoms with Gasteiger partial charge in [-0.3, -0.25) is 4.79 Å². The Kier molecular flexibility index (Phi) is 4.89. The molecule has 126 valence electrons. The monoisotopic (exact) mass is 345 g/mol. The van der Waals surface area contributed by atoms with Crippen LogP contribution >= 0.6 is 11.3 Å². The van der Waals surface area contributed by atoms with Crippen molar-refractivity contribution in [2.24, 2.45) is 0 Å². The molecule has 1 N–H and O–H groups in total. The van der Waals surface area contributed by atoms with Crippen molar-refractivity contribution in [2.75, 3.05) is 13.1 Å². The Balaban J connectivity index is 1.75. The summed E-state index contributed by atoms with van der Waals surface area (Å²) < 4.78 is 0. The molecule has 3 rings (SSSR count). The Labute approximate surface area is 144 Å². The van der Waals surface area contributed by atoms with Crippen LogP contribution in [0.5, 0.6) is 0 Å². The lowest BCUT2D eigenvalue weighted by molar-refractivity contribution is 0.0687. The highest BCUT2D eigenvalue weighted by Gasteiger charge is 2.28. The molecule has 1 unspecified atom stereocenters. The molecule has 2 aromatic rings. The van der Waals surface area contributed by atoms with Gasteiger partial charge >= 0.3 is 5.97 Å². The Hall–Kier alpha value is -2.28. The van der Waals surface area contributed by atoms with Crippen molar-refractivity contribution in [3.05, 3.63) is 45.7 Å².